The number of hydrogen-bond acceptors (Lipinski definition) is 4. The fraction of sp³-hybridized carbons (Fsp3) is 0.133. The lowest BCUT2D eigenvalue weighted by Gasteiger charge is -2.18. The summed E-state index contributed by atoms with van der Waals surface area (Å²) in [6, 6.07) is 16.0. The Hall–Kier alpha value is -2.76. The lowest BCUT2D eigenvalue weighted by Crippen LogP contribution is -2.19. The molecule has 0 fully saturated rings. The van der Waals surface area contributed by atoms with Crippen LogP contribution >= 0.6 is 0 Å². The Labute approximate surface area is 121 Å². The van der Waals surface area contributed by atoms with Crippen molar-refractivity contribution in [3.63, 3.8) is 0 Å². The molecule has 1 aromatic heterocycles. The van der Waals surface area contributed by atoms with Gasteiger partial charge in [-0.25, -0.2) is 4.39 Å². The van der Waals surface area contributed by atoms with Gasteiger partial charge < -0.3 is 4.90 Å². The lowest BCUT2D eigenvalue weighted by molar-refractivity contribution is 0.627. The second-order valence-electron chi connectivity index (χ2n) is 4.67. The van der Waals surface area contributed by atoms with E-state index in [1.54, 1.807) is 16.8 Å². The third-order valence-electron chi connectivity index (χ3n) is 3.18. The fourth-order valence-corrected chi connectivity index (χ4v) is 2.07. The van der Waals surface area contributed by atoms with Crippen molar-refractivity contribution in [2.75, 3.05) is 11.9 Å². The minimum atomic E-state index is -0.249. The zero-order valence-electron chi connectivity index (χ0n) is 11.5. The molecule has 0 unspecified atom stereocenters. The van der Waals surface area contributed by atoms with E-state index in [2.05, 4.69) is 15.5 Å². The van der Waals surface area contributed by atoms with Crippen LogP contribution in [-0.4, -0.2) is 27.3 Å². The van der Waals surface area contributed by atoms with Crippen LogP contribution in [-0.2, 0) is 6.54 Å². The van der Waals surface area contributed by atoms with Crippen molar-refractivity contribution >= 4 is 5.69 Å². The standard InChI is InChI=1S/C15H14FN5/c1-20(13-9-7-12(16)8-10-13)11-15-17-18-19-21(15)14-5-3-2-4-6-14/h2-10H,11H2,1H3. The first-order chi connectivity index (χ1) is 10.2. The van der Waals surface area contributed by atoms with E-state index < -0.39 is 0 Å². The smallest absolute Gasteiger partial charge is 0.175 e. The zero-order chi connectivity index (χ0) is 14.7. The number of nitrogens with zero attached hydrogens (tertiary/aromatic N) is 5. The summed E-state index contributed by atoms with van der Waals surface area (Å²) in [5, 5.41) is 11.8. The number of para-hydroxylation sites is 1. The molecule has 2 aromatic carbocycles. The van der Waals surface area contributed by atoms with Gasteiger partial charge >= 0.3 is 0 Å². The number of halogens is 1. The van der Waals surface area contributed by atoms with Gasteiger partial charge in [-0.2, -0.15) is 4.68 Å². The third kappa shape index (κ3) is 2.89. The van der Waals surface area contributed by atoms with Crippen molar-refractivity contribution < 1.29 is 4.39 Å². The Bertz CT molecular complexity index is 708. The van der Waals surface area contributed by atoms with Gasteiger partial charge in [-0.3, -0.25) is 0 Å². The summed E-state index contributed by atoms with van der Waals surface area (Å²) >= 11 is 0. The van der Waals surface area contributed by atoms with E-state index in [0.29, 0.717) is 12.4 Å². The monoisotopic (exact) mass is 283 g/mol. The third-order valence-corrected chi connectivity index (χ3v) is 3.18. The summed E-state index contributed by atoms with van der Waals surface area (Å²) < 4.78 is 14.7. The highest BCUT2D eigenvalue weighted by atomic mass is 19.1. The summed E-state index contributed by atoms with van der Waals surface area (Å²) in [6.45, 7) is 0.521. The molecule has 0 atom stereocenters. The van der Waals surface area contributed by atoms with E-state index in [1.165, 1.54) is 12.1 Å². The van der Waals surface area contributed by atoms with Gasteiger partial charge in [0.15, 0.2) is 5.82 Å². The van der Waals surface area contributed by atoms with Gasteiger partial charge in [0.05, 0.1) is 12.2 Å². The van der Waals surface area contributed by atoms with Gasteiger partial charge in [-0.05, 0) is 46.8 Å². The molecule has 3 aromatic rings. The molecule has 0 aliphatic carbocycles. The van der Waals surface area contributed by atoms with E-state index in [9.17, 15) is 4.39 Å². The highest BCUT2D eigenvalue weighted by molar-refractivity contribution is 5.45. The van der Waals surface area contributed by atoms with Gasteiger partial charge in [0, 0.05) is 12.7 Å². The van der Waals surface area contributed by atoms with Crippen molar-refractivity contribution in [1.29, 1.82) is 0 Å². The fourth-order valence-electron chi connectivity index (χ4n) is 2.07. The summed E-state index contributed by atoms with van der Waals surface area (Å²) in [7, 11) is 1.91. The summed E-state index contributed by atoms with van der Waals surface area (Å²) in [5.74, 6) is 0.467. The molecule has 0 saturated carbocycles. The van der Waals surface area contributed by atoms with E-state index in [4.69, 9.17) is 0 Å². The van der Waals surface area contributed by atoms with Crippen LogP contribution in [0, 0.1) is 5.82 Å². The summed E-state index contributed by atoms with van der Waals surface area (Å²) in [6.07, 6.45) is 0. The van der Waals surface area contributed by atoms with Crippen molar-refractivity contribution in [3.05, 3.63) is 66.2 Å². The van der Waals surface area contributed by atoms with Crippen LogP contribution in [0.2, 0.25) is 0 Å². The van der Waals surface area contributed by atoms with Crippen LogP contribution in [0.25, 0.3) is 5.69 Å². The van der Waals surface area contributed by atoms with Crippen LogP contribution in [0.4, 0.5) is 10.1 Å². The highest BCUT2D eigenvalue weighted by Gasteiger charge is 2.11. The van der Waals surface area contributed by atoms with Crippen LogP contribution in [0.15, 0.2) is 54.6 Å². The van der Waals surface area contributed by atoms with Crippen molar-refractivity contribution in [3.8, 4) is 5.69 Å². The van der Waals surface area contributed by atoms with Crippen LogP contribution in [0.1, 0.15) is 5.82 Å². The lowest BCUT2D eigenvalue weighted by atomic mass is 10.3. The van der Waals surface area contributed by atoms with E-state index in [0.717, 1.165) is 11.4 Å². The van der Waals surface area contributed by atoms with Gasteiger partial charge in [0.2, 0.25) is 0 Å². The first-order valence-electron chi connectivity index (χ1n) is 6.53. The minimum Gasteiger partial charge on any atom is -0.367 e. The van der Waals surface area contributed by atoms with Gasteiger partial charge in [-0.1, -0.05) is 18.2 Å². The topological polar surface area (TPSA) is 46.8 Å². The average molecular weight is 283 g/mol. The molecule has 0 N–H and O–H groups in total. The van der Waals surface area contributed by atoms with Gasteiger partial charge in [0.25, 0.3) is 0 Å². The summed E-state index contributed by atoms with van der Waals surface area (Å²) in [5.41, 5.74) is 1.81. The number of benzene rings is 2. The number of aromatic nitrogens is 4. The first-order valence-corrected chi connectivity index (χ1v) is 6.53. The van der Waals surface area contributed by atoms with Crippen molar-refractivity contribution in [2.24, 2.45) is 0 Å². The normalized spacial score (nSPS) is 10.6. The predicted molar refractivity (Wildman–Crippen MR) is 77.7 cm³/mol. The van der Waals surface area contributed by atoms with Gasteiger partial charge in [-0.15, -0.1) is 5.10 Å². The van der Waals surface area contributed by atoms with Crippen molar-refractivity contribution in [2.45, 2.75) is 6.54 Å². The highest BCUT2D eigenvalue weighted by Crippen LogP contribution is 2.16. The molecule has 1 heterocycles. The maximum atomic E-state index is 13.0. The zero-order valence-corrected chi connectivity index (χ0v) is 11.5. The maximum absolute atomic E-state index is 13.0. The molecule has 0 bridgehead atoms. The molecular formula is C15H14FN5. The molecule has 0 aliphatic heterocycles. The van der Waals surface area contributed by atoms with E-state index in [-0.39, 0.29) is 5.82 Å². The van der Waals surface area contributed by atoms with Crippen LogP contribution < -0.4 is 4.90 Å². The SMILES string of the molecule is CN(Cc1nnnn1-c1ccccc1)c1ccc(F)cc1. The number of tetrazole rings is 1. The molecule has 0 radical (unpaired) electrons. The second kappa shape index (κ2) is 5.70. The molecule has 3 rings (SSSR count). The summed E-state index contributed by atoms with van der Waals surface area (Å²) in [4.78, 5) is 1.96. The molecule has 0 saturated heterocycles. The predicted octanol–water partition coefficient (Wildman–Crippen LogP) is 2.44. The minimum absolute atomic E-state index is 0.249. The first kappa shape index (κ1) is 13.2. The Balaban J connectivity index is 1.83. The van der Waals surface area contributed by atoms with Crippen LogP contribution in [0.3, 0.4) is 0 Å². The molecule has 6 heteroatoms. The Morgan fingerprint density at radius 1 is 1.05 bits per heavy atom. The largest absolute Gasteiger partial charge is 0.367 e. The van der Waals surface area contributed by atoms with E-state index in [1.807, 2.05) is 42.3 Å². The Morgan fingerprint density at radius 3 is 2.48 bits per heavy atom. The quantitative estimate of drug-likeness (QED) is 0.738. The molecule has 5 nitrogen and oxygen atoms in total. The average Bonchev–Trinajstić information content (AvgIpc) is 2.97. The number of rotatable bonds is 4. The molecule has 21 heavy (non-hydrogen) atoms. The van der Waals surface area contributed by atoms with Gasteiger partial charge in [0.1, 0.15) is 5.82 Å². The molecular weight excluding hydrogens is 269 g/mol. The van der Waals surface area contributed by atoms with E-state index >= 15 is 0 Å². The molecule has 106 valence electrons. The molecule has 0 aliphatic rings. The Kier molecular flexibility index (Phi) is 3.59. The number of anilines is 1. The Morgan fingerprint density at radius 2 is 1.76 bits per heavy atom. The molecule has 0 amide bonds. The van der Waals surface area contributed by atoms with Crippen molar-refractivity contribution in [1.82, 2.24) is 20.2 Å². The number of hydrogen-bond donors (Lipinski definition) is 0. The maximum Gasteiger partial charge on any atom is 0.175 e. The van der Waals surface area contributed by atoms with Crippen LogP contribution in [0.5, 0.6) is 0 Å². The molecule has 0 spiro atoms. The second-order valence-corrected chi connectivity index (χ2v) is 4.67.